The molecule has 0 bridgehead atoms. The third kappa shape index (κ3) is 20.5. The van der Waals surface area contributed by atoms with Gasteiger partial charge in [0, 0.05) is 94.1 Å². The summed E-state index contributed by atoms with van der Waals surface area (Å²) in [5.41, 5.74) is 0. The molecule has 0 amide bonds. The third-order valence-electron chi connectivity index (χ3n) is 13.3. The summed E-state index contributed by atoms with van der Waals surface area (Å²) in [6.07, 6.45) is 57.8. The SMILES string of the molecule is CCCC(CCCc1ncc[nH]1)CCCC(CCCc1ncc[nH]1)CCCC(CCCc1ncc[nH]1)CCCC(CCCCCCCc1ncc[nH]1)CCCc1ncc[nH]1. The molecule has 10 heteroatoms. The Bertz CT molecular complexity index is 1610. The Labute approximate surface area is 363 Å². The van der Waals surface area contributed by atoms with Gasteiger partial charge in [-0.25, -0.2) is 24.9 Å². The minimum absolute atomic E-state index is 0.810. The van der Waals surface area contributed by atoms with E-state index in [1.165, 1.54) is 161 Å². The Morgan fingerprint density at radius 1 is 0.300 bits per heavy atom. The van der Waals surface area contributed by atoms with E-state index in [9.17, 15) is 0 Å². The number of aromatic amines is 5. The van der Waals surface area contributed by atoms with Crippen molar-refractivity contribution in [1.82, 2.24) is 49.8 Å². The molecule has 5 heterocycles. The van der Waals surface area contributed by atoms with Crippen LogP contribution in [0.1, 0.15) is 197 Å². The van der Waals surface area contributed by atoms with E-state index in [1.54, 1.807) is 0 Å². The van der Waals surface area contributed by atoms with Crippen LogP contribution >= 0.6 is 0 Å². The van der Waals surface area contributed by atoms with Crippen LogP contribution in [0.15, 0.2) is 62.0 Å². The second-order valence-electron chi connectivity index (χ2n) is 18.1. The molecule has 5 aromatic heterocycles. The van der Waals surface area contributed by atoms with Gasteiger partial charge in [0.1, 0.15) is 29.1 Å². The van der Waals surface area contributed by atoms with Crippen LogP contribution in [0.5, 0.6) is 0 Å². The summed E-state index contributed by atoms with van der Waals surface area (Å²) in [7, 11) is 0. The molecule has 4 atom stereocenters. The summed E-state index contributed by atoms with van der Waals surface area (Å²) in [6.45, 7) is 2.36. The lowest BCUT2D eigenvalue weighted by atomic mass is 9.83. The lowest BCUT2D eigenvalue weighted by molar-refractivity contribution is 0.307. The van der Waals surface area contributed by atoms with E-state index in [0.29, 0.717) is 0 Å². The first kappa shape index (κ1) is 47.1. The maximum atomic E-state index is 4.54. The highest BCUT2D eigenvalue weighted by atomic mass is 14.9. The van der Waals surface area contributed by atoms with Gasteiger partial charge in [0.25, 0.3) is 0 Å². The standard InChI is InChI=1S/C50H82N10/c1-2-15-42(23-11-28-47-53-34-35-54-47)17-8-19-44(25-13-30-49-57-38-39-58-49)21-10-22-45(26-14-31-50-59-40-41-60-50)20-9-18-43(24-12-29-48-55-36-37-56-48)16-6-4-3-5-7-27-46-51-32-33-52-46/h32-45H,2-31H2,1H3,(H,51,52)(H,53,54)(H,55,56)(H,57,58)(H,59,60). The molecule has 5 aromatic rings. The summed E-state index contributed by atoms with van der Waals surface area (Å²) in [5, 5.41) is 0. The molecule has 0 aliphatic carbocycles. The second kappa shape index (κ2) is 30.1. The first-order valence-corrected chi connectivity index (χ1v) is 24.6. The maximum absolute atomic E-state index is 4.54. The van der Waals surface area contributed by atoms with E-state index in [0.717, 1.165) is 84.9 Å². The molecular weight excluding hydrogens is 741 g/mol. The third-order valence-corrected chi connectivity index (χ3v) is 13.3. The fourth-order valence-electron chi connectivity index (χ4n) is 9.89. The van der Waals surface area contributed by atoms with E-state index in [4.69, 9.17) is 0 Å². The molecule has 10 nitrogen and oxygen atoms in total. The summed E-state index contributed by atoms with van der Waals surface area (Å²) in [6, 6.07) is 0. The number of nitrogens with zero attached hydrogens (tertiary/aromatic N) is 5. The molecular formula is C50H82N10. The van der Waals surface area contributed by atoms with Crippen molar-refractivity contribution in [2.24, 2.45) is 23.7 Å². The molecule has 0 aliphatic heterocycles. The van der Waals surface area contributed by atoms with Gasteiger partial charge in [-0.15, -0.1) is 0 Å². The zero-order valence-electron chi connectivity index (χ0n) is 37.5. The molecule has 0 fully saturated rings. The Morgan fingerprint density at radius 3 is 0.850 bits per heavy atom. The monoisotopic (exact) mass is 823 g/mol. The predicted molar refractivity (Wildman–Crippen MR) is 247 cm³/mol. The van der Waals surface area contributed by atoms with E-state index < -0.39 is 0 Å². The van der Waals surface area contributed by atoms with E-state index >= 15 is 0 Å². The average molecular weight is 823 g/mol. The van der Waals surface area contributed by atoms with Crippen LogP contribution in [0.2, 0.25) is 0 Å². The quantitative estimate of drug-likeness (QED) is 0.0252. The molecule has 60 heavy (non-hydrogen) atoms. The smallest absolute Gasteiger partial charge is 0.105 e. The first-order chi connectivity index (χ1) is 29.7. The van der Waals surface area contributed by atoms with Crippen molar-refractivity contribution < 1.29 is 0 Å². The Kier molecular flexibility index (Phi) is 23.7. The summed E-state index contributed by atoms with van der Waals surface area (Å²) in [4.78, 5) is 39.0. The van der Waals surface area contributed by atoms with Gasteiger partial charge in [0.2, 0.25) is 0 Å². The van der Waals surface area contributed by atoms with Crippen LogP contribution in [0.4, 0.5) is 0 Å². The highest BCUT2D eigenvalue weighted by molar-refractivity contribution is 4.90. The van der Waals surface area contributed by atoms with Crippen molar-refractivity contribution in [3.63, 3.8) is 0 Å². The van der Waals surface area contributed by atoms with Crippen molar-refractivity contribution in [3.8, 4) is 0 Å². The summed E-state index contributed by atoms with van der Waals surface area (Å²) >= 11 is 0. The van der Waals surface area contributed by atoms with Crippen LogP contribution in [0.25, 0.3) is 0 Å². The molecule has 0 aliphatic rings. The van der Waals surface area contributed by atoms with Crippen molar-refractivity contribution in [2.45, 2.75) is 200 Å². The lowest BCUT2D eigenvalue weighted by Gasteiger charge is -2.23. The normalized spacial score (nSPS) is 13.8. The van der Waals surface area contributed by atoms with Crippen LogP contribution < -0.4 is 0 Å². The number of hydrogen-bond donors (Lipinski definition) is 5. The molecule has 4 unspecified atom stereocenters. The minimum Gasteiger partial charge on any atom is -0.349 e. The minimum atomic E-state index is 0.810. The fraction of sp³-hybridized carbons (Fsp3) is 0.700. The number of aryl methyl sites for hydroxylation is 5. The van der Waals surface area contributed by atoms with Crippen molar-refractivity contribution in [1.29, 1.82) is 0 Å². The van der Waals surface area contributed by atoms with E-state index in [-0.39, 0.29) is 0 Å². The molecule has 0 saturated heterocycles. The number of nitrogens with one attached hydrogen (secondary N) is 5. The van der Waals surface area contributed by atoms with Gasteiger partial charge in [-0.05, 0) is 55.8 Å². The van der Waals surface area contributed by atoms with Gasteiger partial charge < -0.3 is 24.9 Å². The van der Waals surface area contributed by atoms with Crippen molar-refractivity contribution >= 4 is 0 Å². The fourth-order valence-corrected chi connectivity index (χ4v) is 9.89. The first-order valence-electron chi connectivity index (χ1n) is 24.6. The van der Waals surface area contributed by atoms with Crippen LogP contribution in [-0.2, 0) is 32.1 Å². The van der Waals surface area contributed by atoms with Crippen molar-refractivity contribution in [3.05, 3.63) is 91.1 Å². The molecule has 332 valence electrons. The maximum Gasteiger partial charge on any atom is 0.105 e. The van der Waals surface area contributed by atoms with Gasteiger partial charge in [0.05, 0.1) is 0 Å². The van der Waals surface area contributed by atoms with Gasteiger partial charge in [-0.2, -0.15) is 0 Å². The zero-order chi connectivity index (χ0) is 41.6. The number of imidazole rings is 5. The Hall–Kier alpha value is -3.95. The second-order valence-corrected chi connectivity index (χ2v) is 18.1. The highest BCUT2D eigenvalue weighted by Crippen LogP contribution is 2.31. The molecule has 0 aromatic carbocycles. The molecule has 5 rings (SSSR count). The van der Waals surface area contributed by atoms with Crippen LogP contribution in [-0.4, -0.2) is 49.8 Å². The van der Waals surface area contributed by atoms with Gasteiger partial charge in [-0.1, -0.05) is 135 Å². The number of unbranched alkanes of at least 4 members (excludes halogenated alkanes) is 4. The van der Waals surface area contributed by atoms with Gasteiger partial charge >= 0.3 is 0 Å². The van der Waals surface area contributed by atoms with Crippen LogP contribution in [0, 0.1) is 23.7 Å². The molecule has 0 radical (unpaired) electrons. The average Bonchev–Trinajstić information content (AvgIpc) is 4.12. The van der Waals surface area contributed by atoms with E-state index in [1.807, 2.05) is 62.0 Å². The van der Waals surface area contributed by atoms with Gasteiger partial charge in [-0.3, -0.25) is 0 Å². The number of aromatic nitrogens is 10. The van der Waals surface area contributed by atoms with Gasteiger partial charge in [0.15, 0.2) is 0 Å². The summed E-state index contributed by atoms with van der Waals surface area (Å²) in [5.74, 6) is 9.00. The number of hydrogen-bond acceptors (Lipinski definition) is 5. The highest BCUT2D eigenvalue weighted by Gasteiger charge is 2.17. The number of rotatable bonds is 38. The van der Waals surface area contributed by atoms with Crippen molar-refractivity contribution in [2.75, 3.05) is 0 Å². The predicted octanol–water partition coefficient (Wildman–Crippen LogP) is 13.1. The molecule has 5 N–H and O–H groups in total. The Balaban J connectivity index is 1.08. The summed E-state index contributed by atoms with van der Waals surface area (Å²) < 4.78 is 0. The zero-order valence-corrected chi connectivity index (χ0v) is 37.5. The van der Waals surface area contributed by atoms with E-state index in [2.05, 4.69) is 56.8 Å². The topological polar surface area (TPSA) is 143 Å². The molecule has 0 saturated carbocycles. The molecule has 0 spiro atoms. The number of H-pyrrole nitrogens is 5. The lowest BCUT2D eigenvalue weighted by Crippen LogP contribution is -2.09. The van der Waals surface area contributed by atoms with Crippen LogP contribution in [0.3, 0.4) is 0 Å². The Morgan fingerprint density at radius 2 is 0.550 bits per heavy atom. The largest absolute Gasteiger partial charge is 0.349 e.